The minimum Gasteiger partial charge on any atom is -0.392 e. The Hall–Kier alpha value is -1.10. The van der Waals surface area contributed by atoms with Gasteiger partial charge in [0.05, 0.1) is 12.1 Å². The number of anilines is 1. The topological polar surface area (TPSA) is 43.8 Å². The molecule has 4 nitrogen and oxygen atoms in total. The summed E-state index contributed by atoms with van der Waals surface area (Å²) in [5, 5.41) is 10.7. The summed E-state index contributed by atoms with van der Waals surface area (Å²) in [6, 6.07) is 7.29. The second kappa shape index (κ2) is 5.95. The Labute approximate surface area is 130 Å². The monoisotopic (exact) mass is 308 g/mol. The fourth-order valence-electron chi connectivity index (χ4n) is 3.24. The van der Waals surface area contributed by atoms with Crippen LogP contribution in [-0.4, -0.2) is 47.7 Å². The Bertz CT molecular complexity index is 520. The lowest BCUT2D eigenvalue weighted by Crippen LogP contribution is -2.50. The zero-order chi connectivity index (χ0) is 15.0. The molecule has 3 unspecified atom stereocenters. The number of benzene rings is 1. The van der Waals surface area contributed by atoms with Crippen LogP contribution in [0.5, 0.6) is 0 Å². The molecule has 5 heteroatoms. The molecular formula is C16H21ClN2O2. The Morgan fingerprint density at radius 2 is 1.90 bits per heavy atom. The summed E-state index contributed by atoms with van der Waals surface area (Å²) < 4.78 is 0. The quantitative estimate of drug-likeness (QED) is 0.910. The molecule has 0 radical (unpaired) electrons. The SMILES string of the molecule is CC1CCN(C2CCN(c3ccc(Cl)cc3)C2=O)CC1O. The first-order valence-corrected chi connectivity index (χ1v) is 7.93. The minimum absolute atomic E-state index is 0.0946. The predicted molar refractivity (Wildman–Crippen MR) is 83.6 cm³/mol. The van der Waals surface area contributed by atoms with Crippen LogP contribution in [0.3, 0.4) is 0 Å². The molecule has 3 atom stereocenters. The number of nitrogens with zero attached hydrogens (tertiary/aromatic N) is 2. The minimum atomic E-state index is -0.323. The van der Waals surface area contributed by atoms with Gasteiger partial charge in [0.2, 0.25) is 5.91 Å². The highest BCUT2D eigenvalue weighted by Crippen LogP contribution is 2.28. The standard InChI is InChI=1S/C16H21ClN2O2/c1-11-6-8-18(10-15(11)20)14-7-9-19(16(14)21)13-4-2-12(17)3-5-13/h2-5,11,14-15,20H,6-10H2,1H3. The summed E-state index contributed by atoms with van der Waals surface area (Å²) in [5.41, 5.74) is 0.901. The number of carbonyl (C=O) groups is 1. The number of piperidine rings is 1. The number of likely N-dealkylation sites (tertiary alicyclic amines) is 1. The first kappa shape index (κ1) is 14.8. The van der Waals surface area contributed by atoms with Gasteiger partial charge in [-0.05, 0) is 49.6 Å². The third kappa shape index (κ3) is 2.93. The van der Waals surface area contributed by atoms with E-state index in [2.05, 4.69) is 11.8 Å². The average molecular weight is 309 g/mol. The van der Waals surface area contributed by atoms with Crippen LogP contribution in [0.25, 0.3) is 0 Å². The van der Waals surface area contributed by atoms with E-state index < -0.39 is 0 Å². The van der Waals surface area contributed by atoms with Gasteiger partial charge in [-0.3, -0.25) is 9.69 Å². The van der Waals surface area contributed by atoms with Crippen LogP contribution in [0.1, 0.15) is 19.8 Å². The lowest BCUT2D eigenvalue weighted by Gasteiger charge is -2.37. The van der Waals surface area contributed by atoms with Crippen molar-refractivity contribution < 1.29 is 9.90 Å². The molecular weight excluding hydrogens is 288 g/mol. The van der Waals surface area contributed by atoms with Gasteiger partial charge < -0.3 is 10.0 Å². The molecule has 0 aromatic heterocycles. The summed E-state index contributed by atoms with van der Waals surface area (Å²) in [7, 11) is 0. The first-order valence-electron chi connectivity index (χ1n) is 7.55. The van der Waals surface area contributed by atoms with Crippen molar-refractivity contribution in [1.29, 1.82) is 0 Å². The van der Waals surface area contributed by atoms with Crippen molar-refractivity contribution in [2.24, 2.45) is 5.92 Å². The van der Waals surface area contributed by atoms with E-state index in [-0.39, 0.29) is 18.1 Å². The highest BCUT2D eigenvalue weighted by molar-refractivity contribution is 6.30. The maximum absolute atomic E-state index is 12.6. The van der Waals surface area contributed by atoms with Crippen LogP contribution < -0.4 is 4.90 Å². The molecule has 0 saturated carbocycles. The largest absolute Gasteiger partial charge is 0.392 e. The number of aliphatic hydroxyl groups is 1. The summed E-state index contributed by atoms with van der Waals surface area (Å²) in [6.07, 6.45) is 1.45. The van der Waals surface area contributed by atoms with Gasteiger partial charge in [0.25, 0.3) is 0 Å². The predicted octanol–water partition coefficient (Wildman–Crippen LogP) is 2.15. The zero-order valence-corrected chi connectivity index (χ0v) is 13.0. The highest BCUT2D eigenvalue weighted by Gasteiger charge is 2.39. The van der Waals surface area contributed by atoms with Gasteiger partial charge >= 0.3 is 0 Å². The molecule has 1 amide bonds. The first-order chi connectivity index (χ1) is 10.1. The molecule has 2 saturated heterocycles. The number of rotatable bonds is 2. The van der Waals surface area contributed by atoms with Crippen molar-refractivity contribution in [2.45, 2.75) is 31.9 Å². The van der Waals surface area contributed by atoms with E-state index in [0.717, 1.165) is 31.6 Å². The zero-order valence-electron chi connectivity index (χ0n) is 12.2. The molecule has 2 heterocycles. The second-order valence-corrected chi connectivity index (χ2v) is 6.54. The summed E-state index contributed by atoms with van der Waals surface area (Å²) in [5.74, 6) is 0.462. The van der Waals surface area contributed by atoms with Crippen LogP contribution in [0.2, 0.25) is 5.02 Å². The molecule has 0 bridgehead atoms. The van der Waals surface area contributed by atoms with E-state index in [1.165, 1.54) is 0 Å². The molecule has 0 spiro atoms. The van der Waals surface area contributed by atoms with Crippen molar-refractivity contribution in [3.05, 3.63) is 29.3 Å². The van der Waals surface area contributed by atoms with Crippen molar-refractivity contribution in [3.63, 3.8) is 0 Å². The Morgan fingerprint density at radius 3 is 2.57 bits per heavy atom. The van der Waals surface area contributed by atoms with Gasteiger partial charge in [0, 0.05) is 23.8 Å². The molecule has 2 aliphatic heterocycles. The lowest BCUT2D eigenvalue weighted by molar-refractivity contribution is -0.123. The van der Waals surface area contributed by atoms with Gasteiger partial charge in [-0.2, -0.15) is 0 Å². The smallest absolute Gasteiger partial charge is 0.244 e. The molecule has 1 aromatic rings. The van der Waals surface area contributed by atoms with Crippen molar-refractivity contribution >= 4 is 23.2 Å². The van der Waals surface area contributed by atoms with E-state index in [9.17, 15) is 9.90 Å². The van der Waals surface area contributed by atoms with Crippen molar-refractivity contribution in [1.82, 2.24) is 4.90 Å². The molecule has 21 heavy (non-hydrogen) atoms. The molecule has 2 aliphatic rings. The summed E-state index contributed by atoms with van der Waals surface area (Å²) >= 11 is 5.90. The van der Waals surface area contributed by atoms with Crippen LogP contribution in [0, 0.1) is 5.92 Å². The van der Waals surface area contributed by atoms with Gasteiger partial charge in [-0.25, -0.2) is 0 Å². The van der Waals surface area contributed by atoms with Crippen molar-refractivity contribution in [2.75, 3.05) is 24.5 Å². The van der Waals surface area contributed by atoms with Gasteiger partial charge in [-0.1, -0.05) is 18.5 Å². The highest BCUT2D eigenvalue weighted by atomic mass is 35.5. The number of hydrogen-bond donors (Lipinski definition) is 1. The normalized spacial score (nSPS) is 30.9. The van der Waals surface area contributed by atoms with Crippen LogP contribution in [-0.2, 0) is 4.79 Å². The van der Waals surface area contributed by atoms with Crippen LogP contribution in [0.4, 0.5) is 5.69 Å². The fraction of sp³-hybridized carbons (Fsp3) is 0.562. The molecule has 2 fully saturated rings. The van der Waals surface area contributed by atoms with Gasteiger partial charge in [0.15, 0.2) is 0 Å². The van der Waals surface area contributed by atoms with E-state index >= 15 is 0 Å². The Morgan fingerprint density at radius 1 is 1.19 bits per heavy atom. The van der Waals surface area contributed by atoms with Gasteiger partial charge in [-0.15, -0.1) is 0 Å². The van der Waals surface area contributed by atoms with E-state index in [4.69, 9.17) is 11.6 Å². The Balaban J connectivity index is 1.70. The second-order valence-electron chi connectivity index (χ2n) is 6.10. The van der Waals surface area contributed by atoms with E-state index in [1.807, 2.05) is 29.2 Å². The summed E-state index contributed by atoms with van der Waals surface area (Å²) in [6.45, 7) is 4.29. The van der Waals surface area contributed by atoms with E-state index in [0.29, 0.717) is 17.5 Å². The molecule has 1 aromatic carbocycles. The van der Waals surface area contributed by atoms with Crippen LogP contribution >= 0.6 is 11.6 Å². The molecule has 1 N–H and O–H groups in total. The number of β-amino-alcohol motifs (C(OH)–C–C–N with tert-alkyl or cyclic N) is 1. The Kier molecular flexibility index (Phi) is 4.20. The van der Waals surface area contributed by atoms with E-state index in [1.54, 1.807) is 0 Å². The van der Waals surface area contributed by atoms with Crippen LogP contribution in [0.15, 0.2) is 24.3 Å². The fourth-order valence-corrected chi connectivity index (χ4v) is 3.36. The molecule has 0 aliphatic carbocycles. The number of amides is 1. The van der Waals surface area contributed by atoms with Crippen molar-refractivity contribution in [3.8, 4) is 0 Å². The number of hydrogen-bond acceptors (Lipinski definition) is 3. The lowest BCUT2D eigenvalue weighted by atomic mass is 9.94. The summed E-state index contributed by atoms with van der Waals surface area (Å²) in [4.78, 5) is 16.6. The average Bonchev–Trinajstić information content (AvgIpc) is 2.85. The maximum atomic E-state index is 12.6. The molecule has 3 rings (SSSR count). The number of halogens is 1. The van der Waals surface area contributed by atoms with Gasteiger partial charge in [0.1, 0.15) is 0 Å². The maximum Gasteiger partial charge on any atom is 0.244 e. The third-order valence-corrected chi connectivity index (χ3v) is 4.96. The third-order valence-electron chi connectivity index (χ3n) is 4.71. The number of carbonyl (C=O) groups excluding carboxylic acids is 1. The molecule has 114 valence electrons. The number of aliphatic hydroxyl groups excluding tert-OH is 1.